The number of nitrogens with one attached hydrogen (secondary N) is 2. The minimum absolute atomic E-state index is 0.0321. The highest BCUT2D eigenvalue weighted by molar-refractivity contribution is 7.13. The fourth-order valence-electron chi connectivity index (χ4n) is 5.18. The SMILES string of the molecule is CC(=O)N[C@H](C(=O)N1C[C@H](O)C[C@H]1C(=O)N[C@@H](C)c1ccc(-c2scnc2C)cc1CC(C)(C)C)C(C)(C)C. The first kappa shape index (κ1) is 30.8. The summed E-state index contributed by atoms with van der Waals surface area (Å²) in [5.74, 6) is -0.993. The topological polar surface area (TPSA) is 112 Å². The Balaban J connectivity index is 1.87. The Kier molecular flexibility index (Phi) is 9.27. The van der Waals surface area contributed by atoms with Gasteiger partial charge in [0.05, 0.1) is 28.2 Å². The van der Waals surface area contributed by atoms with Crippen molar-refractivity contribution in [3.63, 3.8) is 0 Å². The van der Waals surface area contributed by atoms with Crippen LogP contribution in [0.25, 0.3) is 10.4 Å². The highest BCUT2D eigenvalue weighted by Gasteiger charge is 2.44. The number of likely N-dealkylation sites (tertiary alicyclic amines) is 1. The maximum absolute atomic E-state index is 13.6. The van der Waals surface area contributed by atoms with Crippen LogP contribution in [0.5, 0.6) is 0 Å². The molecule has 1 aromatic carbocycles. The number of benzene rings is 1. The number of hydrogen-bond acceptors (Lipinski definition) is 6. The zero-order valence-electron chi connectivity index (χ0n) is 24.7. The van der Waals surface area contributed by atoms with Crippen LogP contribution in [0.1, 0.15) is 84.7 Å². The second kappa shape index (κ2) is 11.8. The van der Waals surface area contributed by atoms with Crippen LogP contribution in [0.15, 0.2) is 23.7 Å². The van der Waals surface area contributed by atoms with Crippen LogP contribution < -0.4 is 10.6 Å². The fraction of sp³-hybridized carbons (Fsp3) is 0.600. The van der Waals surface area contributed by atoms with Crippen molar-refractivity contribution in [2.24, 2.45) is 10.8 Å². The van der Waals surface area contributed by atoms with E-state index in [2.05, 4.69) is 54.6 Å². The zero-order chi connectivity index (χ0) is 29.3. The Bertz CT molecular complexity index is 1210. The number of aryl methyl sites for hydroxylation is 1. The van der Waals surface area contributed by atoms with Gasteiger partial charge in [-0.2, -0.15) is 0 Å². The minimum Gasteiger partial charge on any atom is -0.391 e. The van der Waals surface area contributed by atoms with Gasteiger partial charge in [-0.05, 0) is 53.9 Å². The van der Waals surface area contributed by atoms with Gasteiger partial charge in [-0.3, -0.25) is 14.4 Å². The zero-order valence-corrected chi connectivity index (χ0v) is 25.5. The smallest absolute Gasteiger partial charge is 0.246 e. The van der Waals surface area contributed by atoms with Crippen molar-refractivity contribution in [2.75, 3.05) is 6.54 Å². The molecule has 1 saturated heterocycles. The molecule has 4 atom stereocenters. The van der Waals surface area contributed by atoms with Crippen molar-refractivity contribution in [3.8, 4) is 10.4 Å². The Morgan fingerprint density at radius 1 is 1.15 bits per heavy atom. The molecule has 3 rings (SSSR count). The number of thiazole rings is 1. The van der Waals surface area contributed by atoms with Crippen LogP contribution in [-0.4, -0.2) is 57.4 Å². The molecule has 1 aromatic heterocycles. The average molecular weight is 557 g/mol. The average Bonchev–Trinajstić information content (AvgIpc) is 3.40. The van der Waals surface area contributed by atoms with Crippen molar-refractivity contribution in [1.29, 1.82) is 0 Å². The molecular weight excluding hydrogens is 512 g/mol. The van der Waals surface area contributed by atoms with Crippen LogP contribution in [0, 0.1) is 17.8 Å². The number of hydrogen-bond donors (Lipinski definition) is 3. The molecule has 214 valence electrons. The van der Waals surface area contributed by atoms with Gasteiger partial charge in [-0.25, -0.2) is 4.98 Å². The van der Waals surface area contributed by atoms with Gasteiger partial charge in [0, 0.05) is 19.9 Å². The van der Waals surface area contributed by atoms with Gasteiger partial charge >= 0.3 is 0 Å². The Morgan fingerprint density at radius 3 is 2.36 bits per heavy atom. The van der Waals surface area contributed by atoms with E-state index in [1.54, 1.807) is 11.3 Å². The molecule has 1 aliphatic rings. The maximum Gasteiger partial charge on any atom is 0.246 e. The molecule has 3 amide bonds. The highest BCUT2D eigenvalue weighted by Crippen LogP contribution is 2.34. The molecule has 0 unspecified atom stereocenters. The largest absolute Gasteiger partial charge is 0.391 e. The van der Waals surface area contributed by atoms with E-state index in [0.29, 0.717) is 0 Å². The molecule has 0 aliphatic carbocycles. The molecule has 3 N–H and O–H groups in total. The summed E-state index contributed by atoms with van der Waals surface area (Å²) in [6.07, 6.45) is 0.168. The number of β-amino-alcohol motifs (C(OH)–C–C–N with tert-alkyl or cyclic N) is 1. The van der Waals surface area contributed by atoms with Crippen LogP contribution in [0.2, 0.25) is 0 Å². The lowest BCUT2D eigenvalue weighted by Crippen LogP contribution is -2.57. The molecular formula is C30H44N4O4S. The summed E-state index contributed by atoms with van der Waals surface area (Å²) in [6.45, 7) is 17.5. The third kappa shape index (κ3) is 7.66. The van der Waals surface area contributed by atoms with E-state index < -0.39 is 23.6 Å². The van der Waals surface area contributed by atoms with Crippen molar-refractivity contribution >= 4 is 29.1 Å². The van der Waals surface area contributed by atoms with Crippen molar-refractivity contribution in [2.45, 2.75) is 99.4 Å². The third-order valence-corrected chi connectivity index (χ3v) is 8.00. The minimum atomic E-state index is -0.821. The molecule has 0 saturated carbocycles. The van der Waals surface area contributed by atoms with Crippen LogP contribution in [0.3, 0.4) is 0 Å². The van der Waals surface area contributed by atoms with E-state index in [-0.39, 0.29) is 42.1 Å². The van der Waals surface area contributed by atoms with E-state index >= 15 is 0 Å². The number of aliphatic hydroxyl groups is 1. The van der Waals surface area contributed by atoms with Gasteiger partial charge in [0.15, 0.2) is 0 Å². The second-order valence-electron chi connectivity index (χ2n) is 13.0. The Morgan fingerprint density at radius 2 is 1.82 bits per heavy atom. The lowest BCUT2D eigenvalue weighted by molar-refractivity contribution is -0.144. The van der Waals surface area contributed by atoms with Crippen LogP contribution >= 0.6 is 11.3 Å². The summed E-state index contributed by atoms with van der Waals surface area (Å²) in [5, 5.41) is 16.3. The second-order valence-corrected chi connectivity index (χ2v) is 13.9. The lowest BCUT2D eigenvalue weighted by atomic mass is 9.84. The predicted molar refractivity (Wildman–Crippen MR) is 155 cm³/mol. The van der Waals surface area contributed by atoms with Crippen LogP contribution in [-0.2, 0) is 20.8 Å². The quantitative estimate of drug-likeness (QED) is 0.468. The fourth-order valence-corrected chi connectivity index (χ4v) is 5.99. The van der Waals surface area contributed by atoms with Gasteiger partial charge in [0.2, 0.25) is 17.7 Å². The van der Waals surface area contributed by atoms with E-state index in [9.17, 15) is 19.5 Å². The first-order valence-electron chi connectivity index (χ1n) is 13.6. The number of nitrogens with zero attached hydrogens (tertiary/aromatic N) is 2. The summed E-state index contributed by atoms with van der Waals surface area (Å²) in [6, 6.07) is 4.39. The van der Waals surface area contributed by atoms with Gasteiger partial charge in [-0.1, -0.05) is 53.7 Å². The first-order chi connectivity index (χ1) is 18.0. The normalized spacial score (nSPS) is 19.5. The van der Waals surface area contributed by atoms with E-state index in [1.165, 1.54) is 11.8 Å². The van der Waals surface area contributed by atoms with E-state index in [1.807, 2.05) is 40.1 Å². The monoisotopic (exact) mass is 556 g/mol. The summed E-state index contributed by atoms with van der Waals surface area (Å²) in [7, 11) is 0. The molecule has 9 heteroatoms. The molecule has 2 heterocycles. The number of amides is 3. The van der Waals surface area contributed by atoms with Gasteiger partial charge in [0.25, 0.3) is 0 Å². The first-order valence-corrected chi connectivity index (χ1v) is 14.4. The summed E-state index contributed by atoms with van der Waals surface area (Å²) < 4.78 is 0. The van der Waals surface area contributed by atoms with Gasteiger partial charge < -0.3 is 20.6 Å². The summed E-state index contributed by atoms with van der Waals surface area (Å²) >= 11 is 1.61. The Hall–Kier alpha value is -2.78. The molecule has 1 aliphatic heterocycles. The molecule has 0 radical (unpaired) electrons. The molecule has 39 heavy (non-hydrogen) atoms. The molecule has 8 nitrogen and oxygen atoms in total. The van der Waals surface area contributed by atoms with E-state index in [0.717, 1.165) is 33.7 Å². The van der Waals surface area contributed by atoms with Crippen molar-refractivity contribution < 1.29 is 19.5 Å². The third-order valence-electron chi connectivity index (χ3n) is 7.02. The molecule has 0 spiro atoms. The summed E-state index contributed by atoms with van der Waals surface area (Å²) in [4.78, 5) is 45.9. The Labute approximate surface area is 236 Å². The maximum atomic E-state index is 13.6. The molecule has 1 fully saturated rings. The van der Waals surface area contributed by atoms with Gasteiger partial charge in [-0.15, -0.1) is 11.3 Å². The number of aromatic nitrogens is 1. The molecule has 2 aromatic rings. The number of carbonyl (C=O) groups excluding carboxylic acids is 3. The van der Waals surface area contributed by atoms with Crippen LogP contribution in [0.4, 0.5) is 0 Å². The standard InChI is InChI=1S/C30H44N4O4S/c1-17(23-11-10-20(25-18(2)31-16-39-25)12-21(23)14-29(4,5)6)32-27(37)24-13-22(36)15-34(24)28(38)26(30(7,8)9)33-19(3)35/h10-12,16-17,22,24,26,36H,13-15H2,1-9H3,(H,32,37)(H,33,35)/t17-,22+,24-,26+/m0/s1. The van der Waals surface area contributed by atoms with Crippen molar-refractivity contribution in [3.05, 3.63) is 40.5 Å². The number of rotatable bonds is 7. The van der Waals surface area contributed by atoms with E-state index in [4.69, 9.17) is 0 Å². The number of carbonyl (C=O) groups is 3. The molecule has 0 bridgehead atoms. The number of aliphatic hydroxyl groups excluding tert-OH is 1. The van der Waals surface area contributed by atoms with Gasteiger partial charge in [0.1, 0.15) is 12.1 Å². The summed E-state index contributed by atoms with van der Waals surface area (Å²) in [5.41, 5.74) is 5.59. The predicted octanol–water partition coefficient (Wildman–Crippen LogP) is 4.40. The lowest BCUT2D eigenvalue weighted by Gasteiger charge is -2.35. The van der Waals surface area contributed by atoms with Crippen molar-refractivity contribution in [1.82, 2.24) is 20.5 Å². The highest BCUT2D eigenvalue weighted by atomic mass is 32.1.